The first kappa shape index (κ1) is 14.4. The molecule has 1 aromatic heterocycles. The molecule has 1 aromatic rings. The SMILES string of the molecule is C#C[C@]1(O)[C@H](n2ccc(N)nc2=O)O[C@](F)(CO)[C@H]1O. The maximum Gasteiger partial charge on any atom is 0.351 e. The van der Waals surface area contributed by atoms with Crippen molar-refractivity contribution in [2.24, 2.45) is 0 Å². The number of hydrogen-bond donors (Lipinski definition) is 4. The van der Waals surface area contributed by atoms with E-state index in [1.165, 1.54) is 6.07 Å². The van der Waals surface area contributed by atoms with Crippen molar-refractivity contribution in [3.8, 4) is 12.3 Å². The lowest BCUT2D eigenvalue weighted by Gasteiger charge is -2.26. The van der Waals surface area contributed by atoms with E-state index >= 15 is 0 Å². The van der Waals surface area contributed by atoms with Crippen LogP contribution in [0.1, 0.15) is 6.23 Å². The van der Waals surface area contributed by atoms with Gasteiger partial charge in [0.1, 0.15) is 12.4 Å². The van der Waals surface area contributed by atoms with Gasteiger partial charge in [-0.15, -0.1) is 6.42 Å². The summed E-state index contributed by atoms with van der Waals surface area (Å²) >= 11 is 0. The lowest BCUT2D eigenvalue weighted by molar-refractivity contribution is -0.207. The highest BCUT2D eigenvalue weighted by Crippen LogP contribution is 2.44. The van der Waals surface area contributed by atoms with Crippen LogP contribution < -0.4 is 11.4 Å². The molecule has 0 unspecified atom stereocenters. The molecule has 4 atom stereocenters. The first-order chi connectivity index (χ1) is 9.28. The Morgan fingerprint density at radius 3 is 2.85 bits per heavy atom. The largest absolute Gasteiger partial charge is 0.390 e. The smallest absolute Gasteiger partial charge is 0.351 e. The van der Waals surface area contributed by atoms with E-state index in [2.05, 4.69) is 4.98 Å². The van der Waals surface area contributed by atoms with Crippen LogP contribution in [-0.4, -0.2) is 49.0 Å². The number of alkyl halides is 1. The molecule has 0 saturated carbocycles. The van der Waals surface area contributed by atoms with E-state index in [9.17, 15) is 19.4 Å². The van der Waals surface area contributed by atoms with Crippen molar-refractivity contribution in [3.63, 3.8) is 0 Å². The Hall–Kier alpha value is -1.99. The Morgan fingerprint density at radius 1 is 1.70 bits per heavy atom. The molecule has 0 aromatic carbocycles. The predicted molar refractivity (Wildman–Crippen MR) is 63.7 cm³/mol. The molecule has 0 amide bonds. The third-order valence-electron chi connectivity index (χ3n) is 3.06. The quantitative estimate of drug-likeness (QED) is 0.451. The standard InChI is InChI=1S/C11H12FN3O5/c1-2-10(19)7(17)11(12,5-16)20-8(10)15-4-3-6(13)14-9(15)18/h1,3-4,7-8,16-17,19H,5H2,(H2,13,14,18)/t7-,8+,10+,11+/m0/s1. The van der Waals surface area contributed by atoms with Gasteiger partial charge in [0.05, 0.1) is 0 Å². The molecular formula is C11H12FN3O5. The number of nitrogen functional groups attached to an aromatic ring is 1. The summed E-state index contributed by atoms with van der Waals surface area (Å²) in [7, 11) is 0. The minimum Gasteiger partial charge on any atom is -0.390 e. The average molecular weight is 285 g/mol. The minimum atomic E-state index is -3.01. The summed E-state index contributed by atoms with van der Waals surface area (Å²) in [5, 5.41) is 28.8. The molecule has 0 bridgehead atoms. The Morgan fingerprint density at radius 2 is 2.35 bits per heavy atom. The minimum absolute atomic E-state index is 0.0947. The van der Waals surface area contributed by atoms with Crippen LogP contribution in [0, 0.1) is 12.3 Å². The summed E-state index contributed by atoms with van der Waals surface area (Å²) in [6.07, 6.45) is 2.16. The molecule has 2 heterocycles. The van der Waals surface area contributed by atoms with E-state index in [0.29, 0.717) is 4.57 Å². The highest BCUT2D eigenvalue weighted by molar-refractivity contribution is 5.25. The van der Waals surface area contributed by atoms with Gasteiger partial charge in [-0.05, 0) is 6.07 Å². The van der Waals surface area contributed by atoms with Gasteiger partial charge in [0.15, 0.2) is 12.3 Å². The fourth-order valence-electron chi connectivity index (χ4n) is 1.95. The van der Waals surface area contributed by atoms with Crippen LogP contribution in [0.3, 0.4) is 0 Å². The van der Waals surface area contributed by atoms with Crippen molar-refractivity contribution < 1.29 is 24.4 Å². The summed E-state index contributed by atoms with van der Waals surface area (Å²) in [6, 6.07) is 1.20. The van der Waals surface area contributed by atoms with Gasteiger partial charge in [0, 0.05) is 6.20 Å². The van der Waals surface area contributed by atoms with Gasteiger partial charge < -0.3 is 25.8 Å². The molecule has 8 nitrogen and oxygen atoms in total. The number of aromatic nitrogens is 2. The molecule has 1 aliphatic rings. The maximum atomic E-state index is 14.1. The number of anilines is 1. The Kier molecular flexibility index (Phi) is 3.27. The normalized spacial score (nSPS) is 36.8. The van der Waals surface area contributed by atoms with E-state index in [1.54, 1.807) is 5.92 Å². The van der Waals surface area contributed by atoms with Gasteiger partial charge >= 0.3 is 5.69 Å². The fraction of sp³-hybridized carbons (Fsp3) is 0.455. The van der Waals surface area contributed by atoms with Gasteiger partial charge in [-0.3, -0.25) is 4.57 Å². The molecule has 0 spiro atoms. The first-order valence-corrected chi connectivity index (χ1v) is 5.49. The van der Waals surface area contributed by atoms with Gasteiger partial charge in [-0.2, -0.15) is 4.98 Å². The van der Waals surface area contributed by atoms with Crippen molar-refractivity contribution in [2.75, 3.05) is 12.3 Å². The van der Waals surface area contributed by atoms with Gasteiger partial charge in [0.2, 0.25) is 5.60 Å². The second-order valence-electron chi connectivity index (χ2n) is 4.33. The summed E-state index contributed by atoms with van der Waals surface area (Å²) in [6.45, 7) is -1.26. The third kappa shape index (κ3) is 1.86. The van der Waals surface area contributed by atoms with Crippen LogP contribution in [-0.2, 0) is 4.74 Å². The summed E-state index contributed by atoms with van der Waals surface area (Å²) in [5.41, 5.74) is 1.78. The molecule has 9 heteroatoms. The highest BCUT2D eigenvalue weighted by Gasteiger charge is 2.64. The molecule has 0 radical (unpaired) electrons. The molecule has 1 saturated heterocycles. The summed E-state index contributed by atoms with van der Waals surface area (Å²) < 4.78 is 19.5. The molecule has 1 aliphatic heterocycles. The fourth-order valence-corrected chi connectivity index (χ4v) is 1.95. The lowest BCUT2D eigenvalue weighted by atomic mass is 9.94. The van der Waals surface area contributed by atoms with Gasteiger partial charge in [-0.1, -0.05) is 5.92 Å². The topological polar surface area (TPSA) is 131 Å². The number of rotatable bonds is 2. The third-order valence-corrected chi connectivity index (χ3v) is 3.06. The molecule has 108 valence electrons. The van der Waals surface area contributed by atoms with E-state index in [4.69, 9.17) is 22.0 Å². The van der Waals surface area contributed by atoms with Gasteiger partial charge in [0.25, 0.3) is 5.85 Å². The van der Waals surface area contributed by atoms with Crippen LogP contribution >= 0.6 is 0 Å². The van der Waals surface area contributed by atoms with E-state index in [1.807, 2.05) is 0 Å². The number of halogens is 1. The number of hydrogen-bond acceptors (Lipinski definition) is 7. The van der Waals surface area contributed by atoms with Crippen LogP contribution in [0.25, 0.3) is 0 Å². The number of aliphatic hydroxyl groups excluding tert-OH is 2. The Bertz CT molecular complexity index is 629. The van der Waals surface area contributed by atoms with Crippen LogP contribution in [0.15, 0.2) is 17.1 Å². The number of nitrogens with zero attached hydrogens (tertiary/aromatic N) is 2. The van der Waals surface area contributed by atoms with Crippen molar-refractivity contribution in [3.05, 3.63) is 22.7 Å². The summed E-state index contributed by atoms with van der Waals surface area (Å²) in [4.78, 5) is 15.1. The Balaban J connectivity index is 2.56. The van der Waals surface area contributed by atoms with Crippen molar-refractivity contribution in [1.29, 1.82) is 0 Å². The second kappa shape index (κ2) is 4.53. The van der Waals surface area contributed by atoms with E-state index in [0.717, 1.165) is 6.20 Å². The number of terminal acetylenes is 1. The molecular weight excluding hydrogens is 273 g/mol. The zero-order chi connectivity index (χ0) is 15.1. The molecule has 5 N–H and O–H groups in total. The number of nitrogens with two attached hydrogens (primary N) is 1. The lowest BCUT2D eigenvalue weighted by Crippen LogP contribution is -2.50. The second-order valence-corrected chi connectivity index (χ2v) is 4.33. The van der Waals surface area contributed by atoms with Crippen molar-refractivity contribution >= 4 is 5.82 Å². The van der Waals surface area contributed by atoms with Crippen LogP contribution in [0.2, 0.25) is 0 Å². The maximum absolute atomic E-state index is 14.1. The first-order valence-electron chi connectivity index (χ1n) is 5.49. The zero-order valence-electron chi connectivity index (χ0n) is 10.1. The molecule has 20 heavy (non-hydrogen) atoms. The summed E-state index contributed by atoms with van der Waals surface area (Å²) in [5.74, 6) is -1.32. The molecule has 0 aliphatic carbocycles. The van der Waals surface area contributed by atoms with Crippen molar-refractivity contribution in [1.82, 2.24) is 9.55 Å². The molecule has 1 fully saturated rings. The zero-order valence-corrected chi connectivity index (χ0v) is 10.1. The van der Waals surface area contributed by atoms with E-state index < -0.39 is 36.1 Å². The number of ether oxygens (including phenoxy) is 1. The van der Waals surface area contributed by atoms with Crippen LogP contribution in [0.4, 0.5) is 10.2 Å². The molecule has 2 rings (SSSR count). The average Bonchev–Trinajstić information content (AvgIpc) is 2.62. The monoisotopic (exact) mass is 285 g/mol. The van der Waals surface area contributed by atoms with Crippen molar-refractivity contribution in [2.45, 2.75) is 23.8 Å². The predicted octanol–water partition coefficient (Wildman–Crippen LogP) is -2.26. The van der Waals surface area contributed by atoms with Gasteiger partial charge in [-0.25, -0.2) is 9.18 Å². The van der Waals surface area contributed by atoms with Crippen LogP contribution in [0.5, 0.6) is 0 Å². The van der Waals surface area contributed by atoms with E-state index in [-0.39, 0.29) is 5.82 Å². The number of aliphatic hydroxyl groups is 3. The Labute approximate surface area is 112 Å². The highest BCUT2D eigenvalue weighted by atomic mass is 19.2.